The maximum Gasteiger partial charge on any atom is 0.128 e. The summed E-state index contributed by atoms with van der Waals surface area (Å²) >= 11 is 0. The SMILES string of the molecule is CCCNC(C)c1ccnc(N(C)C(C)CC)c1. The van der Waals surface area contributed by atoms with Crippen LogP contribution in [0.2, 0.25) is 0 Å². The van der Waals surface area contributed by atoms with E-state index in [1.54, 1.807) is 0 Å². The van der Waals surface area contributed by atoms with Gasteiger partial charge in [-0.3, -0.25) is 0 Å². The van der Waals surface area contributed by atoms with E-state index in [1.807, 2.05) is 6.20 Å². The average Bonchev–Trinajstić information content (AvgIpc) is 2.43. The predicted molar refractivity (Wildman–Crippen MR) is 79.1 cm³/mol. The molecule has 1 rings (SSSR count). The quantitative estimate of drug-likeness (QED) is 0.803. The van der Waals surface area contributed by atoms with Gasteiger partial charge in [-0.15, -0.1) is 0 Å². The van der Waals surface area contributed by atoms with Gasteiger partial charge in [0.25, 0.3) is 0 Å². The lowest BCUT2D eigenvalue weighted by molar-refractivity contribution is 0.569. The molecular weight excluding hydrogens is 222 g/mol. The van der Waals surface area contributed by atoms with Crippen molar-refractivity contribution < 1.29 is 0 Å². The molecule has 0 aromatic carbocycles. The van der Waals surface area contributed by atoms with Crippen LogP contribution in [0.1, 0.15) is 52.1 Å². The molecule has 0 saturated heterocycles. The Morgan fingerprint density at radius 1 is 1.33 bits per heavy atom. The van der Waals surface area contributed by atoms with E-state index < -0.39 is 0 Å². The van der Waals surface area contributed by atoms with Crippen LogP contribution in [0.3, 0.4) is 0 Å². The van der Waals surface area contributed by atoms with Crippen molar-refractivity contribution in [1.29, 1.82) is 0 Å². The molecule has 0 radical (unpaired) electrons. The first-order valence-electron chi connectivity index (χ1n) is 7.02. The molecule has 1 aromatic rings. The highest BCUT2D eigenvalue weighted by atomic mass is 15.2. The zero-order valence-electron chi connectivity index (χ0n) is 12.4. The smallest absolute Gasteiger partial charge is 0.128 e. The van der Waals surface area contributed by atoms with Crippen molar-refractivity contribution in [2.75, 3.05) is 18.5 Å². The van der Waals surface area contributed by atoms with Crippen molar-refractivity contribution in [2.24, 2.45) is 0 Å². The summed E-state index contributed by atoms with van der Waals surface area (Å²) in [5.74, 6) is 1.06. The Morgan fingerprint density at radius 3 is 2.67 bits per heavy atom. The van der Waals surface area contributed by atoms with Gasteiger partial charge in [0.05, 0.1) is 0 Å². The first-order chi connectivity index (χ1) is 8.60. The lowest BCUT2D eigenvalue weighted by Gasteiger charge is -2.26. The molecule has 18 heavy (non-hydrogen) atoms. The topological polar surface area (TPSA) is 28.2 Å². The third-order valence-corrected chi connectivity index (χ3v) is 3.58. The lowest BCUT2D eigenvalue weighted by atomic mass is 10.1. The Kier molecular flexibility index (Phi) is 6.13. The van der Waals surface area contributed by atoms with Crippen LogP contribution in [0.25, 0.3) is 0 Å². The summed E-state index contributed by atoms with van der Waals surface area (Å²) in [5.41, 5.74) is 1.31. The van der Waals surface area contributed by atoms with Crippen LogP contribution in [0.15, 0.2) is 18.3 Å². The summed E-state index contributed by atoms with van der Waals surface area (Å²) in [5, 5.41) is 3.51. The van der Waals surface area contributed by atoms with Crippen molar-refractivity contribution in [1.82, 2.24) is 10.3 Å². The van der Waals surface area contributed by atoms with Crippen LogP contribution >= 0.6 is 0 Å². The van der Waals surface area contributed by atoms with Gasteiger partial charge in [0, 0.05) is 25.3 Å². The van der Waals surface area contributed by atoms with Gasteiger partial charge in [0.1, 0.15) is 5.82 Å². The molecule has 1 aromatic heterocycles. The van der Waals surface area contributed by atoms with Crippen molar-refractivity contribution >= 4 is 5.82 Å². The summed E-state index contributed by atoms with van der Waals surface area (Å²) in [6.07, 6.45) is 4.20. The summed E-state index contributed by atoms with van der Waals surface area (Å²) in [7, 11) is 2.12. The molecule has 3 nitrogen and oxygen atoms in total. The van der Waals surface area contributed by atoms with E-state index in [0.29, 0.717) is 12.1 Å². The maximum absolute atomic E-state index is 4.47. The van der Waals surface area contributed by atoms with Crippen LogP contribution < -0.4 is 10.2 Å². The molecule has 0 amide bonds. The minimum absolute atomic E-state index is 0.386. The molecular formula is C15H27N3. The molecule has 0 fully saturated rings. The van der Waals surface area contributed by atoms with Gasteiger partial charge in [0.2, 0.25) is 0 Å². The zero-order chi connectivity index (χ0) is 13.5. The molecule has 2 unspecified atom stereocenters. The van der Waals surface area contributed by atoms with Gasteiger partial charge in [-0.1, -0.05) is 13.8 Å². The van der Waals surface area contributed by atoms with Crippen molar-refractivity contribution in [3.05, 3.63) is 23.9 Å². The number of nitrogens with zero attached hydrogens (tertiary/aromatic N) is 2. The van der Waals surface area contributed by atoms with E-state index >= 15 is 0 Å². The van der Waals surface area contributed by atoms with E-state index in [-0.39, 0.29) is 0 Å². The standard InChI is InChI=1S/C15H27N3/c1-6-9-16-13(4)14-8-10-17-15(11-14)18(5)12(3)7-2/h8,10-13,16H,6-7,9H2,1-5H3. The zero-order valence-corrected chi connectivity index (χ0v) is 12.4. The second-order valence-electron chi connectivity index (χ2n) is 4.99. The molecule has 0 spiro atoms. The highest BCUT2D eigenvalue weighted by Gasteiger charge is 2.11. The second-order valence-corrected chi connectivity index (χ2v) is 4.99. The Balaban J connectivity index is 2.78. The number of anilines is 1. The van der Waals surface area contributed by atoms with Crippen LogP contribution in [-0.2, 0) is 0 Å². The minimum Gasteiger partial charge on any atom is -0.357 e. The van der Waals surface area contributed by atoms with Crippen LogP contribution in [0, 0.1) is 0 Å². The van der Waals surface area contributed by atoms with Gasteiger partial charge < -0.3 is 10.2 Å². The fraction of sp³-hybridized carbons (Fsp3) is 0.667. The van der Waals surface area contributed by atoms with Gasteiger partial charge in [-0.2, -0.15) is 0 Å². The molecule has 3 heteroatoms. The number of pyridine rings is 1. The monoisotopic (exact) mass is 249 g/mol. The molecule has 0 saturated carbocycles. The van der Waals surface area contributed by atoms with Crippen LogP contribution in [0.4, 0.5) is 5.82 Å². The van der Waals surface area contributed by atoms with Gasteiger partial charge in [0.15, 0.2) is 0 Å². The fourth-order valence-electron chi connectivity index (χ4n) is 1.87. The van der Waals surface area contributed by atoms with Gasteiger partial charge in [-0.25, -0.2) is 4.98 Å². The highest BCUT2D eigenvalue weighted by Crippen LogP contribution is 2.19. The maximum atomic E-state index is 4.47. The second kappa shape index (κ2) is 7.37. The predicted octanol–water partition coefficient (Wildman–Crippen LogP) is 3.38. The normalized spacial score (nSPS) is 14.3. The summed E-state index contributed by atoms with van der Waals surface area (Å²) < 4.78 is 0. The van der Waals surface area contributed by atoms with Crippen molar-refractivity contribution in [3.8, 4) is 0 Å². The Bertz CT molecular complexity index is 351. The lowest BCUT2D eigenvalue weighted by Crippen LogP contribution is -2.29. The highest BCUT2D eigenvalue weighted by molar-refractivity contribution is 5.41. The molecule has 0 aliphatic heterocycles. The van der Waals surface area contributed by atoms with Crippen LogP contribution in [0.5, 0.6) is 0 Å². The van der Waals surface area contributed by atoms with E-state index in [9.17, 15) is 0 Å². The summed E-state index contributed by atoms with van der Waals surface area (Å²) in [6.45, 7) is 9.88. The third-order valence-electron chi connectivity index (χ3n) is 3.58. The van der Waals surface area contributed by atoms with Crippen molar-refractivity contribution in [2.45, 2.75) is 52.6 Å². The van der Waals surface area contributed by atoms with E-state index in [0.717, 1.165) is 25.2 Å². The number of nitrogens with one attached hydrogen (secondary N) is 1. The summed E-state index contributed by atoms with van der Waals surface area (Å²) in [6, 6.07) is 5.20. The molecule has 2 atom stereocenters. The first kappa shape index (κ1) is 15.0. The van der Waals surface area contributed by atoms with E-state index in [4.69, 9.17) is 0 Å². The number of aromatic nitrogens is 1. The number of hydrogen-bond donors (Lipinski definition) is 1. The molecule has 0 aliphatic rings. The van der Waals surface area contributed by atoms with Gasteiger partial charge in [-0.05, 0) is 50.9 Å². The molecule has 0 bridgehead atoms. The van der Waals surface area contributed by atoms with Crippen molar-refractivity contribution in [3.63, 3.8) is 0 Å². The summed E-state index contributed by atoms with van der Waals surface area (Å²) in [4.78, 5) is 6.72. The van der Waals surface area contributed by atoms with Gasteiger partial charge >= 0.3 is 0 Å². The average molecular weight is 249 g/mol. The van der Waals surface area contributed by atoms with E-state index in [2.05, 4.69) is 62.1 Å². The molecule has 1 heterocycles. The Hall–Kier alpha value is -1.09. The number of hydrogen-bond acceptors (Lipinski definition) is 3. The molecule has 1 N–H and O–H groups in total. The third kappa shape index (κ3) is 3.98. The number of rotatable bonds is 7. The molecule has 102 valence electrons. The molecule has 0 aliphatic carbocycles. The van der Waals surface area contributed by atoms with Crippen LogP contribution in [-0.4, -0.2) is 24.6 Å². The Morgan fingerprint density at radius 2 is 2.06 bits per heavy atom. The van der Waals surface area contributed by atoms with E-state index in [1.165, 1.54) is 5.56 Å². The first-order valence-corrected chi connectivity index (χ1v) is 7.02. The Labute approximate surface area is 112 Å². The largest absolute Gasteiger partial charge is 0.357 e. The minimum atomic E-state index is 0.386. The fourth-order valence-corrected chi connectivity index (χ4v) is 1.87.